The van der Waals surface area contributed by atoms with Gasteiger partial charge in [0, 0.05) is 42.7 Å². The summed E-state index contributed by atoms with van der Waals surface area (Å²) >= 11 is 3.58. The Labute approximate surface area is 227 Å². The highest BCUT2D eigenvalue weighted by molar-refractivity contribution is 9.10. The Hall–Kier alpha value is -3.74. The molecule has 13 heteroatoms. The van der Waals surface area contributed by atoms with Crippen molar-refractivity contribution < 1.29 is 14.7 Å². The monoisotopic (exact) mass is 583 g/mol. The second-order valence-electron chi connectivity index (χ2n) is 10.7. The van der Waals surface area contributed by atoms with E-state index in [9.17, 15) is 14.7 Å². The summed E-state index contributed by atoms with van der Waals surface area (Å²) in [5, 5.41) is 22.6. The number of anilines is 1. The van der Waals surface area contributed by atoms with Crippen LogP contribution in [0.1, 0.15) is 27.7 Å². The fourth-order valence-electron chi connectivity index (χ4n) is 4.83. The number of piperazine rings is 1. The number of aromatic nitrogens is 6. The summed E-state index contributed by atoms with van der Waals surface area (Å²) in [6.45, 7) is 8.64. The molecule has 2 atom stereocenters. The Morgan fingerprint density at radius 2 is 1.97 bits per heavy atom. The van der Waals surface area contributed by atoms with Crippen LogP contribution in [-0.2, 0) is 11.8 Å². The number of amides is 2. The summed E-state index contributed by atoms with van der Waals surface area (Å²) in [4.78, 5) is 38.1. The fraction of sp³-hybridized carbons (Fsp3) is 0.440. The Balaban J connectivity index is 1.48. The van der Waals surface area contributed by atoms with E-state index in [1.54, 1.807) is 27.2 Å². The number of carbonyl (C=O) groups is 2. The third kappa shape index (κ3) is 4.66. The van der Waals surface area contributed by atoms with Gasteiger partial charge in [0.1, 0.15) is 6.04 Å². The van der Waals surface area contributed by atoms with Crippen molar-refractivity contribution in [1.82, 2.24) is 39.2 Å². The molecule has 4 aromatic rings. The number of halogens is 1. The van der Waals surface area contributed by atoms with E-state index in [0.717, 1.165) is 15.4 Å². The van der Waals surface area contributed by atoms with Crippen molar-refractivity contribution in [2.75, 3.05) is 25.0 Å². The van der Waals surface area contributed by atoms with Gasteiger partial charge in [0.2, 0.25) is 11.9 Å². The average molecular weight is 584 g/mol. The molecule has 1 aromatic carbocycles. The average Bonchev–Trinajstić information content (AvgIpc) is 3.50. The van der Waals surface area contributed by atoms with E-state index < -0.39 is 12.1 Å². The van der Waals surface area contributed by atoms with Crippen LogP contribution in [0.25, 0.3) is 27.9 Å². The Morgan fingerprint density at radius 1 is 1.21 bits per heavy atom. The number of carboxylic acid groups (broad SMARTS) is 1. The molecule has 0 radical (unpaired) electrons. The molecule has 38 heavy (non-hydrogen) atoms. The number of rotatable bonds is 4. The SMILES string of the molecule is C[C@@H](Nc1nc2c(Br)cccc2c2nc(-c3cnn(C)c3)nn12)C(=O)N1CCN(C(=O)O)C(C(C)(C)C)C1. The lowest BCUT2D eigenvalue weighted by atomic mass is 9.84. The summed E-state index contributed by atoms with van der Waals surface area (Å²) in [6.07, 6.45) is 2.57. The number of benzene rings is 1. The Bertz CT molecular complexity index is 1540. The molecule has 4 heterocycles. The van der Waals surface area contributed by atoms with Crippen molar-refractivity contribution in [2.45, 2.75) is 39.8 Å². The standard InChI is InChI=1S/C25H30BrN9O3/c1-14(22(36)33-9-10-34(24(37)38)18(13-33)25(2,3)4)28-23-29-19-16(7-6-8-17(19)26)21-30-20(31-35(21)23)15-11-27-32(5)12-15/h6-8,11-12,14,18H,9-10,13H2,1-5H3,(H,28,29)(H,37,38)/t14-,18?/m1/s1. The van der Waals surface area contributed by atoms with Gasteiger partial charge in [0.25, 0.3) is 0 Å². The molecule has 0 spiro atoms. The zero-order chi connectivity index (χ0) is 27.4. The molecule has 5 rings (SSSR count). The second-order valence-corrected chi connectivity index (χ2v) is 11.5. The fourth-order valence-corrected chi connectivity index (χ4v) is 5.29. The zero-order valence-corrected chi connectivity index (χ0v) is 23.5. The first-order valence-electron chi connectivity index (χ1n) is 12.3. The highest BCUT2D eigenvalue weighted by Crippen LogP contribution is 2.30. The van der Waals surface area contributed by atoms with Gasteiger partial charge in [-0.1, -0.05) is 26.8 Å². The van der Waals surface area contributed by atoms with Crippen LogP contribution in [-0.4, -0.2) is 88.0 Å². The highest BCUT2D eigenvalue weighted by atomic mass is 79.9. The summed E-state index contributed by atoms with van der Waals surface area (Å²) in [5.41, 5.74) is 1.73. The van der Waals surface area contributed by atoms with Crippen LogP contribution in [0.3, 0.4) is 0 Å². The van der Waals surface area contributed by atoms with Crippen LogP contribution in [0.15, 0.2) is 35.1 Å². The highest BCUT2D eigenvalue weighted by Gasteiger charge is 2.40. The first-order valence-corrected chi connectivity index (χ1v) is 13.1. The maximum absolute atomic E-state index is 13.6. The molecule has 1 unspecified atom stereocenters. The van der Waals surface area contributed by atoms with E-state index in [2.05, 4.69) is 31.4 Å². The van der Waals surface area contributed by atoms with Crippen LogP contribution in [0.5, 0.6) is 0 Å². The lowest BCUT2D eigenvalue weighted by Gasteiger charge is -2.46. The molecule has 1 fully saturated rings. The van der Waals surface area contributed by atoms with Crippen molar-refractivity contribution in [3.8, 4) is 11.4 Å². The van der Waals surface area contributed by atoms with Gasteiger partial charge in [-0.05, 0) is 40.4 Å². The largest absolute Gasteiger partial charge is 0.465 e. The third-order valence-electron chi connectivity index (χ3n) is 6.87. The first-order chi connectivity index (χ1) is 17.9. The minimum atomic E-state index is -0.966. The molecule has 0 aliphatic carbocycles. The Kier molecular flexibility index (Phi) is 6.49. The summed E-state index contributed by atoms with van der Waals surface area (Å²) in [7, 11) is 1.83. The van der Waals surface area contributed by atoms with Crippen molar-refractivity contribution in [2.24, 2.45) is 12.5 Å². The van der Waals surface area contributed by atoms with Crippen LogP contribution < -0.4 is 5.32 Å². The first kappa shape index (κ1) is 25.9. The predicted molar refractivity (Wildman–Crippen MR) is 146 cm³/mol. The number of hydrogen-bond donors (Lipinski definition) is 2. The molecule has 2 N–H and O–H groups in total. The van der Waals surface area contributed by atoms with Gasteiger partial charge in [0.05, 0.1) is 23.3 Å². The third-order valence-corrected chi connectivity index (χ3v) is 7.51. The maximum atomic E-state index is 13.6. The van der Waals surface area contributed by atoms with Crippen LogP contribution in [0.4, 0.5) is 10.7 Å². The van der Waals surface area contributed by atoms with E-state index in [0.29, 0.717) is 36.0 Å². The van der Waals surface area contributed by atoms with Gasteiger partial charge >= 0.3 is 6.09 Å². The Morgan fingerprint density at radius 3 is 2.63 bits per heavy atom. The molecule has 1 aliphatic rings. The van der Waals surface area contributed by atoms with Crippen molar-refractivity contribution >= 4 is 50.4 Å². The number of aryl methyl sites for hydroxylation is 1. The minimum Gasteiger partial charge on any atom is -0.465 e. The molecule has 1 aliphatic heterocycles. The van der Waals surface area contributed by atoms with Gasteiger partial charge in [-0.3, -0.25) is 9.48 Å². The van der Waals surface area contributed by atoms with E-state index in [1.807, 2.05) is 52.2 Å². The molecule has 1 saturated heterocycles. The number of hydrogen-bond acceptors (Lipinski definition) is 7. The number of nitrogens with one attached hydrogen (secondary N) is 1. The van der Waals surface area contributed by atoms with Crippen molar-refractivity contribution in [3.63, 3.8) is 0 Å². The summed E-state index contributed by atoms with van der Waals surface area (Å²) in [5.74, 6) is 0.728. The normalized spacial score (nSPS) is 17.3. The van der Waals surface area contributed by atoms with Gasteiger partial charge < -0.3 is 20.2 Å². The smallest absolute Gasteiger partial charge is 0.407 e. The number of fused-ring (bicyclic) bond motifs is 3. The number of nitrogens with zero attached hydrogens (tertiary/aromatic N) is 8. The topological polar surface area (TPSA) is 134 Å². The molecular weight excluding hydrogens is 554 g/mol. The summed E-state index contributed by atoms with van der Waals surface area (Å²) in [6, 6.07) is 4.78. The predicted octanol–water partition coefficient (Wildman–Crippen LogP) is 3.48. The quantitative estimate of drug-likeness (QED) is 0.373. The maximum Gasteiger partial charge on any atom is 0.407 e. The van der Waals surface area contributed by atoms with E-state index in [-0.39, 0.29) is 23.9 Å². The van der Waals surface area contributed by atoms with Crippen molar-refractivity contribution in [1.29, 1.82) is 0 Å². The van der Waals surface area contributed by atoms with E-state index in [4.69, 9.17) is 9.97 Å². The molecule has 3 aromatic heterocycles. The van der Waals surface area contributed by atoms with Gasteiger partial charge in [-0.2, -0.15) is 9.61 Å². The molecule has 12 nitrogen and oxygen atoms in total. The second kappa shape index (κ2) is 9.53. The van der Waals surface area contributed by atoms with Gasteiger partial charge in [-0.25, -0.2) is 14.8 Å². The van der Waals surface area contributed by atoms with E-state index in [1.165, 1.54) is 4.90 Å². The lowest BCUT2D eigenvalue weighted by Crippen LogP contribution is -2.61. The molecule has 0 saturated carbocycles. The van der Waals surface area contributed by atoms with Crippen molar-refractivity contribution in [3.05, 3.63) is 35.1 Å². The number of para-hydroxylation sites is 1. The van der Waals surface area contributed by atoms with E-state index >= 15 is 0 Å². The van der Waals surface area contributed by atoms with Crippen LogP contribution in [0.2, 0.25) is 0 Å². The van der Waals surface area contributed by atoms with Crippen LogP contribution in [0, 0.1) is 5.41 Å². The molecule has 200 valence electrons. The molecular formula is C25H30BrN9O3. The number of carbonyl (C=O) groups excluding carboxylic acids is 1. The summed E-state index contributed by atoms with van der Waals surface area (Å²) < 4.78 is 4.09. The molecule has 2 amide bonds. The van der Waals surface area contributed by atoms with Crippen LogP contribution >= 0.6 is 15.9 Å². The van der Waals surface area contributed by atoms with Gasteiger partial charge in [0.15, 0.2) is 11.5 Å². The molecule has 0 bridgehead atoms. The zero-order valence-electron chi connectivity index (χ0n) is 21.9. The van der Waals surface area contributed by atoms with Gasteiger partial charge in [-0.15, -0.1) is 5.10 Å². The minimum absolute atomic E-state index is 0.140. The lowest BCUT2D eigenvalue weighted by molar-refractivity contribution is -0.135.